The van der Waals surface area contributed by atoms with Gasteiger partial charge in [-0.1, -0.05) is 12.5 Å². The van der Waals surface area contributed by atoms with Crippen molar-refractivity contribution in [3.05, 3.63) is 35.8 Å². The van der Waals surface area contributed by atoms with Crippen molar-refractivity contribution in [3.63, 3.8) is 0 Å². The minimum atomic E-state index is 0.511. The number of rotatable bonds is 5. The fourth-order valence-electron chi connectivity index (χ4n) is 3.24. The van der Waals surface area contributed by atoms with E-state index in [0.29, 0.717) is 6.04 Å². The van der Waals surface area contributed by atoms with Gasteiger partial charge in [0.15, 0.2) is 0 Å². The lowest BCUT2D eigenvalue weighted by molar-refractivity contribution is 0.208. The number of hydrogen-bond donors (Lipinski definition) is 1. The van der Waals surface area contributed by atoms with Gasteiger partial charge in [-0.15, -0.1) is 0 Å². The Labute approximate surface area is 127 Å². The van der Waals surface area contributed by atoms with E-state index in [1.54, 1.807) is 0 Å². The summed E-state index contributed by atoms with van der Waals surface area (Å²) in [6.07, 6.45) is 6.22. The van der Waals surface area contributed by atoms with Gasteiger partial charge in [0.25, 0.3) is 0 Å². The molecule has 3 rings (SSSR count). The Kier molecular flexibility index (Phi) is 4.56. The Morgan fingerprint density at radius 3 is 2.86 bits per heavy atom. The quantitative estimate of drug-likeness (QED) is 0.917. The lowest BCUT2D eigenvalue weighted by Crippen LogP contribution is -2.41. The van der Waals surface area contributed by atoms with E-state index < -0.39 is 0 Å². The van der Waals surface area contributed by atoms with Crippen molar-refractivity contribution in [2.75, 3.05) is 19.6 Å². The normalized spacial score (nSPS) is 18.2. The zero-order valence-corrected chi connectivity index (χ0v) is 13.2. The number of piperidine rings is 1. The first-order valence-electron chi connectivity index (χ1n) is 8.12. The van der Waals surface area contributed by atoms with E-state index in [9.17, 15) is 0 Å². The maximum Gasteiger partial charge on any atom is 0.137 e. The minimum absolute atomic E-state index is 0.511. The van der Waals surface area contributed by atoms with Crippen molar-refractivity contribution in [2.45, 2.75) is 45.7 Å². The number of hydrogen-bond acceptors (Lipinski definition) is 3. The smallest absolute Gasteiger partial charge is 0.137 e. The van der Waals surface area contributed by atoms with Gasteiger partial charge in [-0.25, -0.2) is 4.98 Å². The van der Waals surface area contributed by atoms with Crippen LogP contribution >= 0.6 is 0 Å². The third-order valence-corrected chi connectivity index (χ3v) is 4.43. The summed E-state index contributed by atoms with van der Waals surface area (Å²) in [5.74, 6) is 0. The highest BCUT2D eigenvalue weighted by atomic mass is 15.2. The molecule has 1 aliphatic heterocycles. The van der Waals surface area contributed by atoms with Gasteiger partial charge in [0.05, 0.1) is 11.4 Å². The fourth-order valence-corrected chi connectivity index (χ4v) is 3.24. The molecular formula is C17H26N4. The maximum atomic E-state index is 4.62. The van der Waals surface area contributed by atoms with Gasteiger partial charge >= 0.3 is 0 Å². The fraction of sp³-hybridized carbons (Fsp3) is 0.588. The Bertz CT molecular complexity index is 583. The van der Waals surface area contributed by atoms with Gasteiger partial charge in [-0.2, -0.15) is 0 Å². The molecule has 21 heavy (non-hydrogen) atoms. The van der Waals surface area contributed by atoms with E-state index in [2.05, 4.69) is 51.8 Å². The highest BCUT2D eigenvalue weighted by molar-refractivity contribution is 5.42. The van der Waals surface area contributed by atoms with Crippen LogP contribution in [-0.4, -0.2) is 40.0 Å². The number of nitrogens with zero attached hydrogens (tertiary/aromatic N) is 3. The summed E-state index contributed by atoms with van der Waals surface area (Å²) in [5, 5.41) is 3.66. The molecule has 0 aliphatic carbocycles. The molecule has 2 aromatic rings. The second kappa shape index (κ2) is 6.58. The maximum absolute atomic E-state index is 4.62. The Morgan fingerprint density at radius 2 is 2.05 bits per heavy atom. The second-order valence-corrected chi connectivity index (χ2v) is 6.22. The van der Waals surface area contributed by atoms with E-state index in [0.717, 1.165) is 24.4 Å². The highest BCUT2D eigenvalue weighted by Gasteiger charge is 2.14. The second-order valence-electron chi connectivity index (χ2n) is 6.22. The monoisotopic (exact) mass is 286 g/mol. The van der Waals surface area contributed by atoms with Crippen LogP contribution in [0.3, 0.4) is 0 Å². The molecule has 4 nitrogen and oxygen atoms in total. The van der Waals surface area contributed by atoms with Gasteiger partial charge in [-0.3, -0.25) is 0 Å². The predicted molar refractivity (Wildman–Crippen MR) is 86.5 cm³/mol. The number of fused-ring (bicyclic) bond motifs is 1. The number of aromatic nitrogens is 2. The van der Waals surface area contributed by atoms with E-state index in [4.69, 9.17) is 0 Å². The summed E-state index contributed by atoms with van der Waals surface area (Å²) >= 11 is 0. The van der Waals surface area contributed by atoms with Gasteiger partial charge in [0.2, 0.25) is 0 Å². The third-order valence-electron chi connectivity index (χ3n) is 4.43. The molecule has 2 aromatic heterocycles. The van der Waals surface area contributed by atoms with Crippen LogP contribution < -0.4 is 5.32 Å². The molecule has 0 bridgehead atoms. The van der Waals surface area contributed by atoms with Crippen LogP contribution in [-0.2, 0) is 6.54 Å². The molecule has 0 aromatic carbocycles. The van der Waals surface area contributed by atoms with Gasteiger partial charge in [0, 0.05) is 25.3 Å². The predicted octanol–water partition coefficient (Wildman–Crippen LogP) is 2.61. The first kappa shape index (κ1) is 14.5. The molecule has 3 heterocycles. The van der Waals surface area contributed by atoms with Crippen molar-refractivity contribution in [1.29, 1.82) is 0 Å². The van der Waals surface area contributed by atoms with Crippen molar-refractivity contribution in [1.82, 2.24) is 19.6 Å². The van der Waals surface area contributed by atoms with E-state index >= 15 is 0 Å². The molecule has 1 aliphatic rings. The molecule has 0 spiro atoms. The molecule has 4 heteroatoms. The van der Waals surface area contributed by atoms with Crippen LogP contribution in [0, 0.1) is 6.92 Å². The Morgan fingerprint density at radius 1 is 1.24 bits per heavy atom. The number of likely N-dealkylation sites (tertiary alicyclic amines) is 1. The Balaban J connectivity index is 1.59. The average Bonchev–Trinajstić information content (AvgIpc) is 2.81. The molecule has 1 fully saturated rings. The summed E-state index contributed by atoms with van der Waals surface area (Å²) in [6.45, 7) is 8.94. The molecular weight excluding hydrogens is 260 g/mol. The summed E-state index contributed by atoms with van der Waals surface area (Å²) in [6, 6.07) is 6.68. The molecule has 1 unspecified atom stereocenters. The van der Waals surface area contributed by atoms with Crippen molar-refractivity contribution in [3.8, 4) is 0 Å². The minimum Gasteiger partial charge on any atom is -0.307 e. The van der Waals surface area contributed by atoms with Crippen LogP contribution in [0.25, 0.3) is 5.65 Å². The van der Waals surface area contributed by atoms with Crippen LogP contribution in [0.4, 0.5) is 0 Å². The molecule has 0 radical (unpaired) electrons. The van der Waals surface area contributed by atoms with Gasteiger partial charge in [-0.05, 0) is 51.9 Å². The first-order chi connectivity index (χ1) is 10.2. The molecule has 1 saturated heterocycles. The lowest BCUT2D eigenvalue weighted by Gasteiger charge is -2.29. The van der Waals surface area contributed by atoms with Gasteiger partial charge < -0.3 is 14.6 Å². The van der Waals surface area contributed by atoms with Crippen LogP contribution in [0.5, 0.6) is 0 Å². The summed E-state index contributed by atoms with van der Waals surface area (Å²) in [7, 11) is 0. The van der Waals surface area contributed by atoms with E-state index in [-0.39, 0.29) is 0 Å². The number of pyridine rings is 1. The van der Waals surface area contributed by atoms with E-state index in [1.807, 2.05) is 6.07 Å². The molecule has 1 N–H and O–H groups in total. The zero-order chi connectivity index (χ0) is 14.7. The molecule has 114 valence electrons. The summed E-state index contributed by atoms with van der Waals surface area (Å²) in [4.78, 5) is 7.21. The van der Waals surface area contributed by atoms with Crippen LogP contribution in [0.2, 0.25) is 0 Å². The summed E-state index contributed by atoms with van der Waals surface area (Å²) in [5.41, 5.74) is 3.44. The summed E-state index contributed by atoms with van der Waals surface area (Å²) < 4.78 is 2.19. The zero-order valence-electron chi connectivity index (χ0n) is 13.2. The van der Waals surface area contributed by atoms with Crippen LogP contribution in [0.1, 0.15) is 37.6 Å². The standard InChI is InChI=1S/C17H26N4/c1-14(13-20-9-5-3-6-10-20)18-12-16-15(2)19-17-8-4-7-11-21(16)17/h4,7-8,11,14,18H,3,5-6,9-10,12-13H2,1-2H3. The van der Waals surface area contributed by atoms with Crippen LogP contribution in [0.15, 0.2) is 24.4 Å². The first-order valence-corrected chi connectivity index (χ1v) is 8.12. The largest absolute Gasteiger partial charge is 0.307 e. The topological polar surface area (TPSA) is 32.6 Å². The lowest BCUT2D eigenvalue weighted by atomic mass is 10.1. The van der Waals surface area contributed by atoms with E-state index in [1.165, 1.54) is 38.0 Å². The molecule has 1 atom stereocenters. The van der Waals surface area contributed by atoms with Crippen molar-refractivity contribution in [2.24, 2.45) is 0 Å². The SMILES string of the molecule is Cc1nc2ccccn2c1CNC(C)CN1CCCCC1. The number of imidazole rings is 1. The highest BCUT2D eigenvalue weighted by Crippen LogP contribution is 2.12. The molecule has 0 saturated carbocycles. The Hall–Kier alpha value is -1.39. The van der Waals surface area contributed by atoms with Gasteiger partial charge in [0.1, 0.15) is 5.65 Å². The molecule has 0 amide bonds. The van der Waals surface area contributed by atoms with Crippen molar-refractivity contribution >= 4 is 5.65 Å². The number of aryl methyl sites for hydroxylation is 1. The average molecular weight is 286 g/mol. The number of nitrogens with one attached hydrogen (secondary N) is 1. The third kappa shape index (κ3) is 3.44. The van der Waals surface area contributed by atoms with Crippen molar-refractivity contribution < 1.29 is 0 Å².